The van der Waals surface area contributed by atoms with Gasteiger partial charge in [-0.3, -0.25) is 4.79 Å². The van der Waals surface area contributed by atoms with Gasteiger partial charge in [0.05, 0.1) is 5.69 Å². The number of carbonyl (C=O) groups excluding carboxylic acids is 1. The number of unbranched alkanes of at least 4 members (excludes halogenated alkanes) is 4. The van der Waals surface area contributed by atoms with E-state index in [1.165, 1.54) is 18.9 Å². The second kappa shape index (κ2) is 8.64. The van der Waals surface area contributed by atoms with Crippen LogP contribution in [0.3, 0.4) is 0 Å². The third kappa shape index (κ3) is 5.83. The molecule has 0 aliphatic heterocycles. The fraction of sp³-hybridized carbons (Fsp3) is 0.533. The van der Waals surface area contributed by atoms with Gasteiger partial charge in [0, 0.05) is 13.0 Å². The molecule has 0 unspecified atom stereocenters. The lowest BCUT2D eigenvalue weighted by Gasteiger charge is -2.07. The van der Waals surface area contributed by atoms with Crippen LogP contribution in [0.15, 0.2) is 18.2 Å². The molecule has 1 aromatic carbocycles. The first-order valence-electron chi connectivity index (χ1n) is 6.95. The van der Waals surface area contributed by atoms with Crippen LogP contribution in [-0.4, -0.2) is 5.91 Å². The Labute approximate surface area is 114 Å². The van der Waals surface area contributed by atoms with E-state index >= 15 is 0 Å². The molecule has 0 saturated carbocycles. The largest absolute Gasteiger partial charge is 0.326 e. The van der Waals surface area contributed by atoms with E-state index < -0.39 is 5.82 Å². The Balaban J connectivity index is 2.36. The molecule has 0 atom stereocenters. The van der Waals surface area contributed by atoms with Gasteiger partial charge in [-0.15, -0.1) is 0 Å². The molecule has 0 fully saturated rings. The van der Waals surface area contributed by atoms with Crippen molar-refractivity contribution in [2.75, 3.05) is 5.32 Å². The number of hydrogen-bond acceptors (Lipinski definition) is 2. The minimum absolute atomic E-state index is 0.129. The molecule has 1 aromatic rings. The SMILES string of the molecule is CCCCCCCC(=O)Nc1ccc(CN)cc1F. The Hall–Kier alpha value is -1.42. The Morgan fingerprint density at radius 3 is 2.63 bits per heavy atom. The molecule has 3 nitrogen and oxygen atoms in total. The van der Waals surface area contributed by atoms with Crippen LogP contribution >= 0.6 is 0 Å². The molecule has 3 N–H and O–H groups in total. The van der Waals surface area contributed by atoms with Crippen LogP contribution in [0.2, 0.25) is 0 Å². The van der Waals surface area contributed by atoms with Crippen molar-refractivity contribution in [1.29, 1.82) is 0 Å². The maximum Gasteiger partial charge on any atom is 0.224 e. The molecule has 0 radical (unpaired) electrons. The maximum absolute atomic E-state index is 13.6. The molecule has 1 rings (SSSR count). The number of nitrogens with one attached hydrogen (secondary N) is 1. The standard InChI is InChI=1S/C15H23FN2O/c1-2-3-4-5-6-7-15(19)18-14-9-8-12(11-17)10-13(14)16/h8-10H,2-7,11,17H2,1H3,(H,18,19). The molecule has 0 bridgehead atoms. The summed E-state index contributed by atoms with van der Waals surface area (Å²) in [4.78, 5) is 11.6. The average molecular weight is 266 g/mol. The first-order chi connectivity index (χ1) is 9.17. The molecule has 0 aromatic heterocycles. The fourth-order valence-electron chi connectivity index (χ4n) is 1.89. The average Bonchev–Trinajstić information content (AvgIpc) is 2.41. The van der Waals surface area contributed by atoms with Gasteiger partial charge in [0.15, 0.2) is 0 Å². The molecule has 19 heavy (non-hydrogen) atoms. The maximum atomic E-state index is 13.6. The minimum atomic E-state index is -0.428. The predicted molar refractivity (Wildman–Crippen MR) is 76.3 cm³/mol. The van der Waals surface area contributed by atoms with Crippen molar-refractivity contribution < 1.29 is 9.18 Å². The highest BCUT2D eigenvalue weighted by Gasteiger charge is 2.07. The van der Waals surface area contributed by atoms with Crippen LogP contribution in [-0.2, 0) is 11.3 Å². The molecule has 1 amide bonds. The Morgan fingerprint density at radius 1 is 1.26 bits per heavy atom. The summed E-state index contributed by atoms with van der Waals surface area (Å²) in [5, 5.41) is 2.60. The smallest absolute Gasteiger partial charge is 0.224 e. The number of benzene rings is 1. The third-order valence-corrected chi connectivity index (χ3v) is 3.05. The quantitative estimate of drug-likeness (QED) is 0.706. The highest BCUT2D eigenvalue weighted by atomic mass is 19.1. The number of amides is 1. The molecular formula is C15H23FN2O. The number of carbonyl (C=O) groups is 1. The van der Waals surface area contributed by atoms with E-state index in [4.69, 9.17) is 5.73 Å². The summed E-state index contributed by atoms with van der Waals surface area (Å²) in [5.74, 6) is -0.557. The lowest BCUT2D eigenvalue weighted by molar-refractivity contribution is -0.116. The molecule has 0 spiro atoms. The van der Waals surface area contributed by atoms with Crippen molar-refractivity contribution in [3.8, 4) is 0 Å². The third-order valence-electron chi connectivity index (χ3n) is 3.05. The predicted octanol–water partition coefficient (Wildman–Crippen LogP) is 3.58. The van der Waals surface area contributed by atoms with Gasteiger partial charge in [-0.05, 0) is 24.1 Å². The van der Waals surface area contributed by atoms with Gasteiger partial charge >= 0.3 is 0 Å². The van der Waals surface area contributed by atoms with Gasteiger partial charge in [-0.2, -0.15) is 0 Å². The van der Waals surface area contributed by atoms with Gasteiger partial charge in [0.1, 0.15) is 5.82 Å². The van der Waals surface area contributed by atoms with E-state index in [0.717, 1.165) is 24.8 Å². The van der Waals surface area contributed by atoms with Crippen LogP contribution in [0.5, 0.6) is 0 Å². The van der Waals surface area contributed by atoms with Gasteiger partial charge in [-0.1, -0.05) is 38.7 Å². The summed E-state index contributed by atoms with van der Waals surface area (Å²) in [5.41, 5.74) is 6.37. The number of rotatable bonds is 8. The first kappa shape index (κ1) is 15.6. The van der Waals surface area contributed by atoms with E-state index in [1.54, 1.807) is 12.1 Å². The van der Waals surface area contributed by atoms with Gasteiger partial charge in [-0.25, -0.2) is 4.39 Å². The highest BCUT2D eigenvalue weighted by Crippen LogP contribution is 2.16. The summed E-state index contributed by atoms with van der Waals surface area (Å²) in [6.45, 7) is 2.45. The summed E-state index contributed by atoms with van der Waals surface area (Å²) < 4.78 is 13.6. The zero-order chi connectivity index (χ0) is 14.1. The van der Waals surface area contributed by atoms with Crippen LogP contribution in [0, 0.1) is 5.82 Å². The molecule has 106 valence electrons. The zero-order valence-electron chi connectivity index (χ0n) is 11.5. The second-order valence-corrected chi connectivity index (χ2v) is 4.73. The minimum Gasteiger partial charge on any atom is -0.326 e. The van der Waals surface area contributed by atoms with Crippen molar-refractivity contribution >= 4 is 11.6 Å². The van der Waals surface area contributed by atoms with Crippen LogP contribution in [0.4, 0.5) is 10.1 Å². The molecular weight excluding hydrogens is 243 g/mol. The van der Waals surface area contributed by atoms with Gasteiger partial charge < -0.3 is 11.1 Å². The van der Waals surface area contributed by atoms with Gasteiger partial charge in [0.2, 0.25) is 5.91 Å². The Kier molecular flexibility index (Phi) is 7.11. The second-order valence-electron chi connectivity index (χ2n) is 4.73. The highest BCUT2D eigenvalue weighted by molar-refractivity contribution is 5.90. The number of nitrogens with two attached hydrogens (primary N) is 1. The van der Waals surface area contributed by atoms with Crippen LogP contribution in [0.1, 0.15) is 51.0 Å². The molecule has 0 heterocycles. The topological polar surface area (TPSA) is 55.1 Å². The zero-order valence-corrected chi connectivity index (χ0v) is 11.5. The number of hydrogen-bond donors (Lipinski definition) is 2. The van der Waals surface area contributed by atoms with Crippen molar-refractivity contribution in [3.05, 3.63) is 29.6 Å². The molecule has 0 saturated heterocycles. The fourth-order valence-corrected chi connectivity index (χ4v) is 1.89. The van der Waals surface area contributed by atoms with Crippen LogP contribution in [0.25, 0.3) is 0 Å². The van der Waals surface area contributed by atoms with E-state index in [-0.39, 0.29) is 11.6 Å². The molecule has 0 aliphatic carbocycles. The molecule has 4 heteroatoms. The first-order valence-corrected chi connectivity index (χ1v) is 6.95. The van der Waals surface area contributed by atoms with Crippen molar-refractivity contribution in [3.63, 3.8) is 0 Å². The lowest BCUT2D eigenvalue weighted by atomic mass is 10.1. The molecule has 0 aliphatic rings. The Bertz CT molecular complexity index is 407. The normalized spacial score (nSPS) is 10.5. The van der Waals surface area contributed by atoms with E-state index in [1.807, 2.05) is 0 Å². The summed E-state index contributed by atoms with van der Waals surface area (Å²) in [7, 11) is 0. The van der Waals surface area contributed by atoms with E-state index in [9.17, 15) is 9.18 Å². The summed E-state index contributed by atoms with van der Waals surface area (Å²) in [6.07, 6.45) is 5.90. The van der Waals surface area contributed by atoms with Crippen molar-refractivity contribution in [2.45, 2.75) is 52.0 Å². The summed E-state index contributed by atoms with van der Waals surface area (Å²) in [6, 6.07) is 4.64. The number of halogens is 1. The van der Waals surface area contributed by atoms with Crippen LogP contribution < -0.4 is 11.1 Å². The summed E-state index contributed by atoms with van der Waals surface area (Å²) >= 11 is 0. The van der Waals surface area contributed by atoms with Crippen molar-refractivity contribution in [2.24, 2.45) is 5.73 Å². The monoisotopic (exact) mass is 266 g/mol. The van der Waals surface area contributed by atoms with Crippen molar-refractivity contribution in [1.82, 2.24) is 0 Å². The van der Waals surface area contributed by atoms with E-state index in [0.29, 0.717) is 13.0 Å². The van der Waals surface area contributed by atoms with E-state index in [2.05, 4.69) is 12.2 Å². The lowest BCUT2D eigenvalue weighted by Crippen LogP contribution is -2.12. The van der Waals surface area contributed by atoms with Gasteiger partial charge in [0.25, 0.3) is 0 Å². The Morgan fingerprint density at radius 2 is 2.00 bits per heavy atom. The number of anilines is 1.